The Bertz CT molecular complexity index is 1090. The van der Waals surface area contributed by atoms with Crippen molar-refractivity contribution in [3.8, 4) is 0 Å². The van der Waals surface area contributed by atoms with Crippen LogP contribution in [0.4, 0.5) is 11.4 Å². The number of hydrogen-bond acceptors (Lipinski definition) is 3. The molecule has 5 heteroatoms. The van der Waals surface area contributed by atoms with Crippen molar-refractivity contribution < 1.29 is 9.59 Å². The van der Waals surface area contributed by atoms with E-state index in [0.717, 1.165) is 11.3 Å². The summed E-state index contributed by atoms with van der Waals surface area (Å²) in [6.45, 7) is 1.95. The number of aryl methyl sites for hydroxylation is 1. The largest absolute Gasteiger partial charge is 0.350 e. The first-order valence-corrected chi connectivity index (χ1v) is 9.21. The van der Waals surface area contributed by atoms with Crippen LogP contribution in [0, 0.1) is 6.92 Å². The van der Waals surface area contributed by atoms with Crippen molar-refractivity contribution >= 4 is 40.4 Å². The molecule has 138 valence electrons. The Morgan fingerprint density at radius 2 is 1.43 bits per heavy atom. The highest BCUT2D eigenvalue weighted by molar-refractivity contribution is 6.46. The Morgan fingerprint density at radius 1 is 0.786 bits per heavy atom. The third-order valence-electron chi connectivity index (χ3n) is 4.64. The minimum atomic E-state index is -0.394. The number of nitrogens with one attached hydrogen (secondary N) is 1. The first-order valence-electron chi connectivity index (χ1n) is 8.83. The molecule has 0 aliphatic carbocycles. The van der Waals surface area contributed by atoms with Gasteiger partial charge < -0.3 is 5.32 Å². The van der Waals surface area contributed by atoms with Gasteiger partial charge in [-0.3, -0.25) is 9.59 Å². The normalized spacial score (nSPS) is 14.0. The zero-order valence-corrected chi connectivity index (χ0v) is 15.9. The predicted molar refractivity (Wildman–Crippen MR) is 112 cm³/mol. The van der Waals surface area contributed by atoms with Crippen molar-refractivity contribution in [2.45, 2.75) is 6.92 Å². The van der Waals surface area contributed by atoms with Crippen LogP contribution in [0.1, 0.15) is 11.1 Å². The number of nitrogens with zero attached hydrogens (tertiary/aromatic N) is 1. The van der Waals surface area contributed by atoms with Gasteiger partial charge in [0, 0.05) is 10.7 Å². The molecule has 3 aromatic carbocycles. The number of amides is 2. The van der Waals surface area contributed by atoms with Gasteiger partial charge in [-0.2, -0.15) is 0 Å². The topological polar surface area (TPSA) is 49.4 Å². The second-order valence-electron chi connectivity index (χ2n) is 6.48. The summed E-state index contributed by atoms with van der Waals surface area (Å²) in [5.74, 6) is -0.760. The molecule has 1 aliphatic heterocycles. The lowest BCUT2D eigenvalue weighted by Gasteiger charge is -2.15. The van der Waals surface area contributed by atoms with Gasteiger partial charge in [-0.25, -0.2) is 4.90 Å². The summed E-state index contributed by atoms with van der Waals surface area (Å²) in [7, 11) is 0. The molecule has 1 heterocycles. The van der Waals surface area contributed by atoms with Crippen LogP contribution < -0.4 is 10.2 Å². The Kier molecular flexibility index (Phi) is 4.72. The number of hydrogen-bond donors (Lipinski definition) is 1. The highest BCUT2D eigenvalue weighted by atomic mass is 35.5. The van der Waals surface area contributed by atoms with Crippen LogP contribution in [0.25, 0.3) is 5.57 Å². The first kappa shape index (κ1) is 18.0. The predicted octanol–water partition coefficient (Wildman–Crippen LogP) is 5.05. The first-order chi connectivity index (χ1) is 13.6. The second kappa shape index (κ2) is 7.33. The maximum absolute atomic E-state index is 13.3. The van der Waals surface area contributed by atoms with Crippen molar-refractivity contribution in [3.63, 3.8) is 0 Å². The smallest absolute Gasteiger partial charge is 0.282 e. The zero-order chi connectivity index (χ0) is 19.7. The fraction of sp³-hybridized carbons (Fsp3) is 0.0435. The Morgan fingerprint density at radius 3 is 2.11 bits per heavy atom. The zero-order valence-electron chi connectivity index (χ0n) is 15.1. The molecule has 1 aliphatic rings. The molecular formula is C23H17ClN2O2. The molecule has 0 unspecified atom stereocenters. The van der Waals surface area contributed by atoms with Gasteiger partial charge in [-0.1, -0.05) is 60.1 Å². The fourth-order valence-electron chi connectivity index (χ4n) is 3.19. The van der Waals surface area contributed by atoms with Crippen molar-refractivity contribution in [1.82, 2.24) is 0 Å². The Hall–Kier alpha value is -3.37. The maximum atomic E-state index is 13.3. The van der Waals surface area contributed by atoms with Crippen molar-refractivity contribution in [1.29, 1.82) is 0 Å². The molecule has 4 nitrogen and oxygen atoms in total. The average molecular weight is 389 g/mol. The van der Waals surface area contributed by atoms with Gasteiger partial charge >= 0.3 is 0 Å². The van der Waals surface area contributed by atoms with E-state index in [-0.39, 0.29) is 11.6 Å². The van der Waals surface area contributed by atoms with Crippen LogP contribution in [0.2, 0.25) is 5.02 Å². The molecule has 0 spiro atoms. The Balaban J connectivity index is 1.83. The number of carbonyl (C=O) groups excluding carboxylic acids is 2. The molecule has 1 N–H and O–H groups in total. The SMILES string of the molecule is Cc1ccccc1NC1=C(c2ccccc2)C(=O)N(c2ccc(Cl)cc2)C1=O. The summed E-state index contributed by atoms with van der Waals surface area (Å²) in [4.78, 5) is 27.7. The van der Waals surface area contributed by atoms with Crippen LogP contribution in [0.5, 0.6) is 0 Å². The summed E-state index contributed by atoms with van der Waals surface area (Å²) in [6, 6.07) is 23.5. The standard InChI is InChI=1S/C23H17ClN2O2/c1-15-7-5-6-10-19(15)25-21-20(16-8-3-2-4-9-16)22(27)26(23(21)28)18-13-11-17(24)12-14-18/h2-14,25H,1H3. The van der Waals surface area contributed by atoms with Gasteiger partial charge in [-0.05, 0) is 48.4 Å². The van der Waals surface area contributed by atoms with E-state index in [1.54, 1.807) is 24.3 Å². The molecule has 0 saturated heterocycles. The van der Waals surface area contributed by atoms with Crippen molar-refractivity contribution in [3.05, 3.63) is 101 Å². The molecule has 0 atom stereocenters. The quantitative estimate of drug-likeness (QED) is 0.636. The van der Waals surface area contributed by atoms with E-state index in [9.17, 15) is 9.59 Å². The summed E-state index contributed by atoms with van der Waals surface area (Å²) in [5, 5.41) is 3.73. The molecule has 3 aromatic rings. The molecule has 4 rings (SSSR count). The molecule has 28 heavy (non-hydrogen) atoms. The number of para-hydroxylation sites is 1. The highest BCUT2D eigenvalue weighted by Crippen LogP contribution is 2.34. The van der Waals surface area contributed by atoms with Gasteiger partial charge in [0.25, 0.3) is 11.8 Å². The number of rotatable bonds is 4. The maximum Gasteiger partial charge on any atom is 0.282 e. The van der Waals surface area contributed by atoms with E-state index < -0.39 is 5.91 Å². The number of carbonyl (C=O) groups is 2. The van der Waals surface area contributed by atoms with E-state index in [1.807, 2.05) is 61.5 Å². The van der Waals surface area contributed by atoms with E-state index in [2.05, 4.69) is 5.32 Å². The molecular weight excluding hydrogens is 372 g/mol. The van der Waals surface area contributed by atoms with Gasteiger partial charge in [0.2, 0.25) is 0 Å². The molecule has 0 bridgehead atoms. The van der Waals surface area contributed by atoms with Gasteiger partial charge in [0.05, 0.1) is 11.3 Å². The molecule has 0 aromatic heterocycles. The van der Waals surface area contributed by atoms with Crippen LogP contribution >= 0.6 is 11.6 Å². The summed E-state index contributed by atoms with van der Waals surface area (Å²) >= 11 is 5.96. The average Bonchev–Trinajstić information content (AvgIpc) is 2.95. The third kappa shape index (κ3) is 3.19. The third-order valence-corrected chi connectivity index (χ3v) is 4.89. The van der Waals surface area contributed by atoms with Gasteiger partial charge in [0.15, 0.2) is 0 Å². The van der Waals surface area contributed by atoms with E-state index in [1.165, 1.54) is 4.90 Å². The number of anilines is 2. The minimum Gasteiger partial charge on any atom is -0.350 e. The van der Waals surface area contributed by atoms with Crippen molar-refractivity contribution in [2.75, 3.05) is 10.2 Å². The summed E-state index contributed by atoms with van der Waals surface area (Å²) in [6.07, 6.45) is 0. The summed E-state index contributed by atoms with van der Waals surface area (Å²) in [5.41, 5.74) is 3.55. The number of halogens is 1. The van der Waals surface area contributed by atoms with Crippen LogP contribution in [0.15, 0.2) is 84.6 Å². The molecule has 0 saturated carbocycles. The molecule has 0 fully saturated rings. The lowest BCUT2D eigenvalue weighted by molar-refractivity contribution is -0.120. The lowest BCUT2D eigenvalue weighted by Crippen LogP contribution is -2.32. The highest BCUT2D eigenvalue weighted by Gasteiger charge is 2.40. The second-order valence-corrected chi connectivity index (χ2v) is 6.91. The molecule has 0 radical (unpaired) electrons. The minimum absolute atomic E-state index is 0.264. The van der Waals surface area contributed by atoms with E-state index >= 15 is 0 Å². The van der Waals surface area contributed by atoms with Crippen LogP contribution in [-0.4, -0.2) is 11.8 Å². The van der Waals surface area contributed by atoms with Gasteiger partial charge in [0.1, 0.15) is 5.70 Å². The van der Waals surface area contributed by atoms with E-state index in [4.69, 9.17) is 11.6 Å². The van der Waals surface area contributed by atoms with E-state index in [0.29, 0.717) is 21.8 Å². The van der Waals surface area contributed by atoms with Crippen LogP contribution in [-0.2, 0) is 9.59 Å². The van der Waals surface area contributed by atoms with Crippen LogP contribution in [0.3, 0.4) is 0 Å². The Labute approximate surface area is 168 Å². The lowest BCUT2D eigenvalue weighted by atomic mass is 10.0. The number of benzene rings is 3. The molecule has 2 amide bonds. The number of imide groups is 1. The monoisotopic (exact) mass is 388 g/mol. The van der Waals surface area contributed by atoms with Crippen molar-refractivity contribution in [2.24, 2.45) is 0 Å². The van der Waals surface area contributed by atoms with Gasteiger partial charge in [-0.15, -0.1) is 0 Å². The summed E-state index contributed by atoms with van der Waals surface area (Å²) < 4.78 is 0. The fourth-order valence-corrected chi connectivity index (χ4v) is 3.32.